The summed E-state index contributed by atoms with van der Waals surface area (Å²) in [5, 5.41) is 4.99. The number of hydrogen-bond acceptors (Lipinski definition) is 2. The van der Waals surface area contributed by atoms with Gasteiger partial charge in [-0.3, -0.25) is 4.98 Å². The van der Waals surface area contributed by atoms with Crippen LogP contribution in [0.3, 0.4) is 0 Å². The maximum atomic E-state index is 4.90. The molecule has 0 saturated carbocycles. The summed E-state index contributed by atoms with van der Waals surface area (Å²) < 4.78 is 0. The second-order valence-corrected chi connectivity index (χ2v) is 6.30. The summed E-state index contributed by atoms with van der Waals surface area (Å²) in [7, 11) is 0. The molecule has 1 N–H and O–H groups in total. The quantitative estimate of drug-likeness (QED) is 0.751. The highest BCUT2D eigenvalue weighted by Crippen LogP contribution is 2.33. The van der Waals surface area contributed by atoms with Gasteiger partial charge in [-0.15, -0.1) is 0 Å². The Hall–Kier alpha value is -2.35. The van der Waals surface area contributed by atoms with Crippen LogP contribution < -0.4 is 5.32 Å². The molecule has 2 nitrogen and oxygen atoms in total. The zero-order valence-electron chi connectivity index (χ0n) is 13.4. The molecule has 4 rings (SSSR count). The van der Waals surface area contributed by atoms with E-state index in [9.17, 15) is 0 Å². The van der Waals surface area contributed by atoms with Gasteiger partial charge in [-0.05, 0) is 49.3 Å². The highest BCUT2D eigenvalue weighted by atomic mass is 14.9. The van der Waals surface area contributed by atoms with Gasteiger partial charge in [0.2, 0.25) is 0 Å². The van der Waals surface area contributed by atoms with Crippen LogP contribution in [0.2, 0.25) is 0 Å². The Balaban J connectivity index is 1.64. The zero-order valence-corrected chi connectivity index (χ0v) is 13.4. The number of para-hydroxylation sites is 1. The van der Waals surface area contributed by atoms with Crippen LogP contribution in [0, 0.1) is 0 Å². The summed E-state index contributed by atoms with van der Waals surface area (Å²) in [6.45, 7) is 0.963. The standard InChI is InChI=1S/C21H22N2/c1-2-8-16(9-3-1)14-15-22-21-17-10-4-6-12-19(17)23-20-13-7-5-11-18(20)21/h1-4,6,8-10,12H,5,7,11,13-15H2,(H,22,23). The summed E-state index contributed by atoms with van der Waals surface area (Å²) in [6.07, 6.45) is 5.86. The fourth-order valence-electron chi connectivity index (χ4n) is 3.55. The van der Waals surface area contributed by atoms with Gasteiger partial charge in [0, 0.05) is 23.3 Å². The molecule has 2 heteroatoms. The van der Waals surface area contributed by atoms with Crippen LogP contribution in [0.25, 0.3) is 10.9 Å². The molecule has 0 radical (unpaired) electrons. The van der Waals surface area contributed by atoms with Gasteiger partial charge in [0.1, 0.15) is 0 Å². The fraction of sp³-hybridized carbons (Fsp3) is 0.286. The zero-order chi connectivity index (χ0) is 15.5. The minimum absolute atomic E-state index is 0.963. The second-order valence-electron chi connectivity index (χ2n) is 6.30. The van der Waals surface area contributed by atoms with Crippen molar-refractivity contribution in [2.45, 2.75) is 32.1 Å². The molecule has 0 amide bonds. The SMILES string of the molecule is c1ccc(CCNc2c3c(nc4ccccc24)CCCC3)cc1. The number of fused-ring (bicyclic) bond motifs is 2. The van der Waals surface area contributed by atoms with E-state index in [4.69, 9.17) is 4.98 Å². The molecule has 0 unspecified atom stereocenters. The topological polar surface area (TPSA) is 24.9 Å². The van der Waals surface area contributed by atoms with E-state index in [0.717, 1.165) is 31.3 Å². The van der Waals surface area contributed by atoms with Crippen LogP contribution in [0.4, 0.5) is 5.69 Å². The molecule has 23 heavy (non-hydrogen) atoms. The number of pyridine rings is 1. The van der Waals surface area contributed by atoms with E-state index in [1.165, 1.54) is 40.7 Å². The molecule has 1 aromatic heterocycles. The highest BCUT2D eigenvalue weighted by molar-refractivity contribution is 5.93. The van der Waals surface area contributed by atoms with Crippen LogP contribution in [0.15, 0.2) is 54.6 Å². The predicted molar refractivity (Wildman–Crippen MR) is 97.0 cm³/mol. The first-order valence-corrected chi connectivity index (χ1v) is 8.60. The summed E-state index contributed by atoms with van der Waals surface area (Å²) in [5.41, 5.74) is 6.57. The van der Waals surface area contributed by atoms with Crippen molar-refractivity contribution >= 4 is 16.6 Å². The van der Waals surface area contributed by atoms with Crippen molar-refractivity contribution in [1.82, 2.24) is 4.98 Å². The van der Waals surface area contributed by atoms with Gasteiger partial charge < -0.3 is 5.32 Å². The first-order chi connectivity index (χ1) is 11.4. The normalized spacial score (nSPS) is 13.7. The van der Waals surface area contributed by atoms with Crippen LogP contribution in [-0.4, -0.2) is 11.5 Å². The molecule has 1 aliphatic rings. The molecule has 2 aromatic carbocycles. The number of benzene rings is 2. The van der Waals surface area contributed by atoms with Crippen LogP contribution in [0.1, 0.15) is 29.7 Å². The molecule has 0 fully saturated rings. The lowest BCUT2D eigenvalue weighted by Gasteiger charge is -2.21. The van der Waals surface area contributed by atoms with Gasteiger partial charge in [0.25, 0.3) is 0 Å². The van der Waals surface area contributed by atoms with Gasteiger partial charge >= 0.3 is 0 Å². The molecule has 0 saturated heterocycles. The Kier molecular flexibility index (Phi) is 3.97. The molecule has 0 bridgehead atoms. The molecular weight excluding hydrogens is 280 g/mol. The monoisotopic (exact) mass is 302 g/mol. The third-order valence-corrected chi connectivity index (χ3v) is 4.73. The largest absolute Gasteiger partial charge is 0.384 e. The highest BCUT2D eigenvalue weighted by Gasteiger charge is 2.17. The van der Waals surface area contributed by atoms with Crippen molar-refractivity contribution < 1.29 is 0 Å². The van der Waals surface area contributed by atoms with E-state index >= 15 is 0 Å². The Labute approximate surface area is 137 Å². The summed E-state index contributed by atoms with van der Waals surface area (Å²) in [5.74, 6) is 0. The molecular formula is C21H22N2. The smallest absolute Gasteiger partial charge is 0.0726 e. The lowest BCUT2D eigenvalue weighted by molar-refractivity contribution is 0.672. The van der Waals surface area contributed by atoms with Crippen molar-refractivity contribution in [2.75, 3.05) is 11.9 Å². The van der Waals surface area contributed by atoms with E-state index < -0.39 is 0 Å². The molecule has 3 aromatic rings. The van der Waals surface area contributed by atoms with E-state index in [1.54, 1.807) is 0 Å². The van der Waals surface area contributed by atoms with Crippen LogP contribution in [0.5, 0.6) is 0 Å². The predicted octanol–water partition coefficient (Wildman–Crippen LogP) is 4.77. The summed E-state index contributed by atoms with van der Waals surface area (Å²) in [4.78, 5) is 4.90. The molecule has 1 aliphatic carbocycles. The Morgan fingerprint density at radius 1 is 0.870 bits per heavy atom. The average molecular weight is 302 g/mol. The first-order valence-electron chi connectivity index (χ1n) is 8.60. The molecule has 0 aliphatic heterocycles. The van der Waals surface area contributed by atoms with E-state index in [1.807, 2.05) is 0 Å². The van der Waals surface area contributed by atoms with Crippen LogP contribution in [-0.2, 0) is 19.3 Å². The third kappa shape index (κ3) is 2.94. The van der Waals surface area contributed by atoms with Crippen molar-refractivity contribution in [2.24, 2.45) is 0 Å². The number of hydrogen-bond donors (Lipinski definition) is 1. The lowest BCUT2D eigenvalue weighted by atomic mass is 9.92. The van der Waals surface area contributed by atoms with E-state index in [-0.39, 0.29) is 0 Å². The van der Waals surface area contributed by atoms with Crippen LogP contribution >= 0.6 is 0 Å². The number of aryl methyl sites for hydroxylation is 1. The molecule has 0 atom stereocenters. The summed E-state index contributed by atoms with van der Waals surface area (Å²) >= 11 is 0. The number of rotatable bonds is 4. The Morgan fingerprint density at radius 3 is 2.57 bits per heavy atom. The Bertz CT molecular complexity index is 809. The van der Waals surface area contributed by atoms with Crippen molar-refractivity contribution in [3.8, 4) is 0 Å². The maximum absolute atomic E-state index is 4.90. The molecule has 116 valence electrons. The fourth-order valence-corrected chi connectivity index (χ4v) is 3.55. The van der Waals surface area contributed by atoms with Gasteiger partial charge in [0.05, 0.1) is 5.52 Å². The maximum Gasteiger partial charge on any atom is 0.0726 e. The number of nitrogens with zero attached hydrogens (tertiary/aromatic N) is 1. The molecule has 1 heterocycles. The minimum Gasteiger partial charge on any atom is -0.384 e. The van der Waals surface area contributed by atoms with Crippen molar-refractivity contribution in [3.63, 3.8) is 0 Å². The van der Waals surface area contributed by atoms with E-state index in [2.05, 4.69) is 59.9 Å². The number of nitrogens with one attached hydrogen (secondary N) is 1. The average Bonchev–Trinajstić information content (AvgIpc) is 2.62. The van der Waals surface area contributed by atoms with Crippen molar-refractivity contribution in [1.29, 1.82) is 0 Å². The molecule has 0 spiro atoms. The van der Waals surface area contributed by atoms with Crippen molar-refractivity contribution in [3.05, 3.63) is 71.4 Å². The number of aromatic nitrogens is 1. The first kappa shape index (κ1) is 14.3. The van der Waals surface area contributed by atoms with E-state index in [0.29, 0.717) is 0 Å². The minimum atomic E-state index is 0.963. The second kappa shape index (κ2) is 6.41. The van der Waals surface area contributed by atoms with Gasteiger partial charge in [-0.25, -0.2) is 0 Å². The lowest BCUT2D eigenvalue weighted by Crippen LogP contribution is -2.13. The number of anilines is 1. The summed E-state index contributed by atoms with van der Waals surface area (Å²) in [6, 6.07) is 19.2. The third-order valence-electron chi connectivity index (χ3n) is 4.73. The van der Waals surface area contributed by atoms with Gasteiger partial charge in [-0.2, -0.15) is 0 Å². The van der Waals surface area contributed by atoms with Gasteiger partial charge in [-0.1, -0.05) is 48.5 Å². The Morgan fingerprint density at radius 2 is 1.65 bits per heavy atom. The van der Waals surface area contributed by atoms with Gasteiger partial charge in [0.15, 0.2) is 0 Å².